The minimum Gasteiger partial charge on any atom is -0.497 e. The number of carbonyl (C=O) groups is 1. The lowest BCUT2D eigenvalue weighted by Gasteiger charge is -2.31. The topological polar surface area (TPSA) is 84.9 Å². The van der Waals surface area contributed by atoms with Crippen LogP contribution in [0.3, 0.4) is 0 Å². The van der Waals surface area contributed by atoms with E-state index in [0.29, 0.717) is 12.3 Å². The molecular weight excluding hydrogens is 404 g/mol. The Balaban J connectivity index is 2.10. The summed E-state index contributed by atoms with van der Waals surface area (Å²) in [6, 6.07) is 12.5. The predicted molar refractivity (Wildman–Crippen MR) is 116 cm³/mol. The van der Waals surface area contributed by atoms with Gasteiger partial charge in [0.2, 0.25) is 0 Å². The average Bonchev–Trinajstić information content (AvgIpc) is 2.65. The largest absolute Gasteiger partial charge is 0.497 e. The molecule has 0 heterocycles. The van der Waals surface area contributed by atoms with Gasteiger partial charge in [0.05, 0.1) is 7.11 Å². The highest BCUT2D eigenvalue weighted by Gasteiger charge is 2.22. The molecule has 2 aromatic carbocycles. The van der Waals surface area contributed by atoms with Crippen LogP contribution in [0.5, 0.6) is 11.5 Å². The second kappa shape index (κ2) is 9.38. The van der Waals surface area contributed by atoms with E-state index in [0.717, 1.165) is 5.56 Å². The number of carbonyl (C=O) groups excluding carboxylic acids is 1. The third-order valence-electron chi connectivity index (χ3n) is 4.20. The SMILES string of the molecule is COc1ccc(S(=O)(=O)Oc2ccc(CN(C(=O)NC(C)(C)C)C(C)C)cc2)cc1. The van der Waals surface area contributed by atoms with Crippen molar-refractivity contribution >= 4 is 16.1 Å². The molecule has 0 aliphatic carbocycles. The first kappa shape index (κ1) is 23.5. The maximum atomic E-state index is 12.6. The number of methoxy groups -OCH3 is 1. The zero-order chi connectivity index (χ0) is 22.5. The summed E-state index contributed by atoms with van der Waals surface area (Å²) in [5, 5.41) is 2.96. The maximum Gasteiger partial charge on any atom is 0.339 e. The van der Waals surface area contributed by atoms with Gasteiger partial charge in [-0.25, -0.2) is 4.79 Å². The van der Waals surface area contributed by atoms with Gasteiger partial charge in [0.15, 0.2) is 0 Å². The minimum atomic E-state index is -3.95. The van der Waals surface area contributed by atoms with Gasteiger partial charge in [-0.1, -0.05) is 12.1 Å². The van der Waals surface area contributed by atoms with Gasteiger partial charge in [-0.2, -0.15) is 8.42 Å². The smallest absolute Gasteiger partial charge is 0.339 e. The van der Waals surface area contributed by atoms with Crippen LogP contribution in [0.1, 0.15) is 40.2 Å². The molecule has 1 N–H and O–H groups in total. The quantitative estimate of drug-likeness (QED) is 0.661. The Labute approximate surface area is 179 Å². The van der Waals surface area contributed by atoms with Gasteiger partial charge >= 0.3 is 16.1 Å². The number of nitrogens with zero attached hydrogens (tertiary/aromatic N) is 1. The van der Waals surface area contributed by atoms with E-state index in [4.69, 9.17) is 8.92 Å². The Morgan fingerprint density at radius 2 is 1.53 bits per heavy atom. The van der Waals surface area contributed by atoms with Crippen molar-refractivity contribution in [2.75, 3.05) is 7.11 Å². The number of hydrogen-bond donors (Lipinski definition) is 1. The molecule has 0 atom stereocenters. The molecule has 30 heavy (non-hydrogen) atoms. The van der Waals surface area contributed by atoms with Crippen LogP contribution >= 0.6 is 0 Å². The number of benzene rings is 2. The Morgan fingerprint density at radius 1 is 1.00 bits per heavy atom. The number of nitrogens with one attached hydrogen (secondary N) is 1. The molecule has 2 rings (SSSR count). The third kappa shape index (κ3) is 6.66. The van der Waals surface area contributed by atoms with Gasteiger partial charge in [0.1, 0.15) is 16.4 Å². The van der Waals surface area contributed by atoms with Crippen LogP contribution in [-0.4, -0.2) is 38.0 Å². The lowest BCUT2D eigenvalue weighted by molar-refractivity contribution is 0.171. The van der Waals surface area contributed by atoms with Gasteiger partial charge in [0, 0.05) is 18.1 Å². The first-order valence-electron chi connectivity index (χ1n) is 9.67. The Bertz CT molecular complexity index is 947. The van der Waals surface area contributed by atoms with Crippen LogP contribution < -0.4 is 14.2 Å². The highest BCUT2D eigenvalue weighted by molar-refractivity contribution is 7.87. The highest BCUT2D eigenvalue weighted by atomic mass is 32.2. The van der Waals surface area contributed by atoms with E-state index in [-0.39, 0.29) is 28.3 Å². The van der Waals surface area contributed by atoms with Gasteiger partial charge in [-0.3, -0.25) is 0 Å². The van der Waals surface area contributed by atoms with Crippen molar-refractivity contribution in [2.45, 2.75) is 57.6 Å². The van der Waals surface area contributed by atoms with E-state index in [1.807, 2.05) is 34.6 Å². The highest BCUT2D eigenvalue weighted by Crippen LogP contribution is 2.22. The molecule has 0 aliphatic rings. The van der Waals surface area contributed by atoms with E-state index in [9.17, 15) is 13.2 Å². The molecule has 8 heteroatoms. The molecule has 0 spiro atoms. The number of amides is 2. The first-order chi connectivity index (χ1) is 13.9. The van der Waals surface area contributed by atoms with Crippen molar-refractivity contribution in [3.05, 3.63) is 54.1 Å². The summed E-state index contributed by atoms with van der Waals surface area (Å²) in [5.74, 6) is 0.758. The molecule has 0 fully saturated rings. The summed E-state index contributed by atoms with van der Waals surface area (Å²) in [6.45, 7) is 10.1. The van der Waals surface area contributed by atoms with Gasteiger partial charge in [-0.05, 0) is 76.6 Å². The summed E-state index contributed by atoms with van der Waals surface area (Å²) in [5.41, 5.74) is 0.527. The van der Waals surface area contributed by atoms with Crippen molar-refractivity contribution in [2.24, 2.45) is 0 Å². The number of ether oxygens (including phenoxy) is 1. The standard InChI is InChI=1S/C22H30N2O5S/c1-16(2)24(21(25)23-22(3,4)5)15-17-7-9-19(10-8-17)29-30(26,27)20-13-11-18(28-6)12-14-20/h7-14,16H,15H2,1-6H3,(H,23,25). The molecule has 7 nitrogen and oxygen atoms in total. The van der Waals surface area contributed by atoms with Crippen molar-refractivity contribution < 1.29 is 22.1 Å². The summed E-state index contributed by atoms with van der Waals surface area (Å²) in [7, 11) is -2.44. The Kier molecular flexibility index (Phi) is 7.36. The van der Waals surface area contributed by atoms with Crippen LogP contribution in [0, 0.1) is 0 Å². The molecular formula is C22H30N2O5S. The monoisotopic (exact) mass is 434 g/mol. The van der Waals surface area contributed by atoms with Gasteiger partial charge in [-0.15, -0.1) is 0 Å². The lowest BCUT2D eigenvalue weighted by atomic mass is 10.1. The number of hydrogen-bond acceptors (Lipinski definition) is 5. The number of rotatable bonds is 7. The summed E-state index contributed by atoms with van der Waals surface area (Å²) >= 11 is 0. The van der Waals surface area contributed by atoms with E-state index in [1.165, 1.54) is 19.2 Å². The molecule has 0 saturated carbocycles. The van der Waals surface area contributed by atoms with Gasteiger partial charge in [0.25, 0.3) is 0 Å². The molecule has 0 aliphatic heterocycles. The third-order valence-corrected chi connectivity index (χ3v) is 5.46. The summed E-state index contributed by atoms with van der Waals surface area (Å²) < 4.78 is 35.2. The number of urea groups is 1. The van der Waals surface area contributed by atoms with Crippen molar-refractivity contribution in [1.29, 1.82) is 0 Å². The first-order valence-corrected chi connectivity index (χ1v) is 11.1. The summed E-state index contributed by atoms with van der Waals surface area (Å²) in [4.78, 5) is 14.3. The Morgan fingerprint density at radius 3 is 2.00 bits per heavy atom. The molecule has 0 saturated heterocycles. The van der Waals surface area contributed by atoms with Crippen LogP contribution in [0.15, 0.2) is 53.4 Å². The molecule has 2 aromatic rings. The van der Waals surface area contributed by atoms with Crippen molar-refractivity contribution in [3.8, 4) is 11.5 Å². The minimum absolute atomic E-state index is 0.00118. The maximum absolute atomic E-state index is 12.6. The molecule has 164 valence electrons. The van der Waals surface area contributed by atoms with E-state index >= 15 is 0 Å². The predicted octanol–water partition coefficient (Wildman–Crippen LogP) is 4.18. The average molecular weight is 435 g/mol. The van der Waals surface area contributed by atoms with E-state index in [1.54, 1.807) is 41.3 Å². The van der Waals surface area contributed by atoms with Crippen LogP contribution in [0.25, 0.3) is 0 Å². The van der Waals surface area contributed by atoms with Crippen LogP contribution in [0.2, 0.25) is 0 Å². The van der Waals surface area contributed by atoms with Crippen LogP contribution in [0.4, 0.5) is 4.79 Å². The zero-order valence-corrected chi connectivity index (χ0v) is 19.1. The fraction of sp³-hybridized carbons (Fsp3) is 0.409. The van der Waals surface area contributed by atoms with Crippen LogP contribution in [-0.2, 0) is 16.7 Å². The fourth-order valence-electron chi connectivity index (χ4n) is 2.65. The molecule has 0 bridgehead atoms. The second-order valence-electron chi connectivity index (χ2n) is 8.26. The summed E-state index contributed by atoms with van der Waals surface area (Å²) in [6.07, 6.45) is 0. The Hall–Kier alpha value is -2.74. The van der Waals surface area contributed by atoms with E-state index < -0.39 is 10.1 Å². The second-order valence-corrected chi connectivity index (χ2v) is 9.81. The van der Waals surface area contributed by atoms with E-state index in [2.05, 4.69) is 5.32 Å². The zero-order valence-electron chi connectivity index (χ0n) is 18.3. The normalized spacial score (nSPS) is 11.8. The van der Waals surface area contributed by atoms with Crippen molar-refractivity contribution in [3.63, 3.8) is 0 Å². The molecule has 0 aromatic heterocycles. The van der Waals surface area contributed by atoms with Crippen molar-refractivity contribution in [1.82, 2.24) is 10.2 Å². The lowest BCUT2D eigenvalue weighted by Crippen LogP contribution is -2.50. The molecule has 2 amide bonds. The van der Waals surface area contributed by atoms with Gasteiger partial charge < -0.3 is 19.1 Å². The fourth-order valence-corrected chi connectivity index (χ4v) is 3.58. The molecule has 0 radical (unpaired) electrons. The molecule has 0 unspecified atom stereocenters.